The van der Waals surface area contributed by atoms with E-state index in [0.717, 1.165) is 0 Å². The molecular formula is C13H14F3N5O. The summed E-state index contributed by atoms with van der Waals surface area (Å²) in [5.74, 6) is 0.123. The molecule has 6 nitrogen and oxygen atoms in total. The topological polar surface area (TPSA) is 71.8 Å². The highest BCUT2D eigenvalue weighted by Gasteiger charge is 2.30. The molecule has 2 aromatic rings. The number of halogens is 3. The fraction of sp³-hybridized carbons (Fsp3) is 0.308. The van der Waals surface area contributed by atoms with Crippen LogP contribution in [0.1, 0.15) is 6.42 Å². The van der Waals surface area contributed by atoms with Gasteiger partial charge < -0.3 is 15.2 Å². The number of hydrogen-bond donors (Lipinski definition) is 2. The molecule has 0 atom stereocenters. The van der Waals surface area contributed by atoms with E-state index >= 15 is 0 Å². The maximum Gasteiger partial charge on any atom is 0.397 e. The molecule has 0 fully saturated rings. The normalized spacial score (nSPS) is 11.2. The highest BCUT2D eigenvalue weighted by atomic mass is 19.4. The summed E-state index contributed by atoms with van der Waals surface area (Å²) in [6, 6.07) is 5.40. The molecule has 0 bridgehead atoms. The van der Waals surface area contributed by atoms with E-state index in [4.69, 9.17) is 0 Å². The Bertz CT molecular complexity index is 612. The molecule has 0 unspecified atom stereocenters. The molecule has 9 heteroatoms. The van der Waals surface area contributed by atoms with Crippen molar-refractivity contribution in [2.45, 2.75) is 12.6 Å². The third-order valence-corrected chi connectivity index (χ3v) is 2.64. The molecule has 22 heavy (non-hydrogen) atoms. The Morgan fingerprint density at radius 3 is 2.59 bits per heavy atom. The van der Waals surface area contributed by atoms with Crippen molar-refractivity contribution in [1.29, 1.82) is 0 Å². The molecule has 0 aromatic carbocycles. The average Bonchev–Trinajstić information content (AvgIpc) is 2.96. The van der Waals surface area contributed by atoms with Gasteiger partial charge in [0.2, 0.25) is 5.91 Å². The molecule has 0 saturated carbocycles. The molecule has 0 aliphatic heterocycles. The van der Waals surface area contributed by atoms with Crippen LogP contribution >= 0.6 is 0 Å². The Morgan fingerprint density at radius 2 is 1.91 bits per heavy atom. The van der Waals surface area contributed by atoms with Crippen molar-refractivity contribution in [1.82, 2.24) is 19.9 Å². The number of alkyl halides is 3. The van der Waals surface area contributed by atoms with E-state index in [9.17, 15) is 18.0 Å². The number of carbonyl (C=O) groups is 1. The van der Waals surface area contributed by atoms with Gasteiger partial charge in [0.05, 0.1) is 0 Å². The number of nitrogens with zero attached hydrogens (tertiary/aromatic N) is 3. The van der Waals surface area contributed by atoms with Gasteiger partial charge in [-0.15, -0.1) is 0 Å². The lowest BCUT2D eigenvalue weighted by Gasteiger charge is -2.09. The quantitative estimate of drug-likeness (QED) is 0.797. The van der Waals surface area contributed by atoms with Crippen LogP contribution in [-0.2, 0) is 4.79 Å². The van der Waals surface area contributed by atoms with Crippen molar-refractivity contribution >= 4 is 11.7 Å². The van der Waals surface area contributed by atoms with Gasteiger partial charge in [-0.1, -0.05) is 0 Å². The lowest BCUT2D eigenvalue weighted by atomic mass is 10.4. The Balaban J connectivity index is 1.78. The number of amides is 1. The predicted octanol–water partition coefficient (Wildman–Crippen LogP) is 1.75. The minimum atomic E-state index is -4.49. The zero-order chi connectivity index (χ0) is 16.0. The fourth-order valence-electron chi connectivity index (χ4n) is 1.71. The molecule has 2 heterocycles. The van der Waals surface area contributed by atoms with Crippen LogP contribution in [0.25, 0.3) is 5.82 Å². The molecule has 0 saturated heterocycles. The van der Waals surface area contributed by atoms with E-state index in [0.29, 0.717) is 11.6 Å². The van der Waals surface area contributed by atoms with E-state index in [2.05, 4.69) is 20.6 Å². The van der Waals surface area contributed by atoms with Gasteiger partial charge in [0.1, 0.15) is 24.4 Å². The number of carbonyl (C=O) groups excluding carboxylic acids is 1. The number of anilines is 1. The van der Waals surface area contributed by atoms with Crippen LogP contribution in [0.2, 0.25) is 0 Å². The van der Waals surface area contributed by atoms with Gasteiger partial charge in [0.15, 0.2) is 0 Å². The van der Waals surface area contributed by atoms with E-state index in [1.54, 1.807) is 10.6 Å². The zero-order valence-corrected chi connectivity index (χ0v) is 11.5. The molecule has 118 valence electrons. The monoisotopic (exact) mass is 313 g/mol. The molecule has 1 amide bonds. The van der Waals surface area contributed by atoms with Gasteiger partial charge in [0.25, 0.3) is 0 Å². The van der Waals surface area contributed by atoms with Crippen LogP contribution in [0, 0.1) is 0 Å². The zero-order valence-electron chi connectivity index (χ0n) is 11.5. The number of aromatic nitrogens is 3. The molecule has 2 aromatic heterocycles. The van der Waals surface area contributed by atoms with E-state index in [1.165, 1.54) is 6.33 Å². The van der Waals surface area contributed by atoms with Crippen molar-refractivity contribution < 1.29 is 18.0 Å². The summed E-state index contributed by atoms with van der Waals surface area (Å²) >= 11 is 0. The third kappa shape index (κ3) is 5.08. The maximum atomic E-state index is 12.0. The Hall–Kier alpha value is -2.58. The molecule has 0 spiro atoms. The molecule has 2 N–H and O–H groups in total. The van der Waals surface area contributed by atoms with Gasteiger partial charge in [-0.3, -0.25) is 4.79 Å². The Labute approximate surface area is 124 Å². The Morgan fingerprint density at radius 1 is 1.18 bits per heavy atom. The highest BCUT2D eigenvalue weighted by molar-refractivity contribution is 5.76. The molecule has 0 aliphatic rings. The van der Waals surface area contributed by atoms with Crippen molar-refractivity contribution in [3.63, 3.8) is 0 Å². The lowest BCUT2D eigenvalue weighted by Crippen LogP contribution is -2.32. The van der Waals surface area contributed by atoms with Crippen molar-refractivity contribution in [3.8, 4) is 5.82 Å². The van der Waals surface area contributed by atoms with Gasteiger partial charge >= 0.3 is 6.18 Å². The molecular weight excluding hydrogens is 299 g/mol. The van der Waals surface area contributed by atoms with Crippen molar-refractivity contribution in [2.75, 3.05) is 18.4 Å². The SMILES string of the molecule is O=C(CC(F)(F)F)NCCNc1cc(-n2cccc2)ncn1. The van der Waals surface area contributed by atoms with Gasteiger partial charge in [-0.2, -0.15) is 13.2 Å². The average molecular weight is 313 g/mol. The largest absolute Gasteiger partial charge is 0.397 e. The summed E-state index contributed by atoms with van der Waals surface area (Å²) in [6.45, 7) is 0.323. The second kappa shape index (κ2) is 6.92. The maximum absolute atomic E-state index is 12.0. The number of nitrogens with one attached hydrogen (secondary N) is 2. The second-order valence-electron chi connectivity index (χ2n) is 4.42. The van der Waals surface area contributed by atoms with Crippen LogP contribution in [-0.4, -0.2) is 39.7 Å². The van der Waals surface area contributed by atoms with Crippen LogP contribution in [0.4, 0.5) is 19.0 Å². The van der Waals surface area contributed by atoms with Crippen molar-refractivity contribution in [2.24, 2.45) is 0 Å². The van der Waals surface area contributed by atoms with Gasteiger partial charge in [-0.05, 0) is 12.1 Å². The minimum Gasteiger partial charge on any atom is -0.368 e. The first-order valence-electron chi connectivity index (χ1n) is 6.47. The minimum absolute atomic E-state index is 0.0672. The van der Waals surface area contributed by atoms with E-state index in [1.807, 2.05) is 24.5 Å². The van der Waals surface area contributed by atoms with Gasteiger partial charge in [-0.25, -0.2) is 9.97 Å². The highest BCUT2D eigenvalue weighted by Crippen LogP contribution is 2.18. The summed E-state index contributed by atoms with van der Waals surface area (Å²) in [7, 11) is 0. The van der Waals surface area contributed by atoms with Crippen LogP contribution in [0.15, 0.2) is 36.9 Å². The lowest BCUT2D eigenvalue weighted by molar-refractivity contribution is -0.153. The molecule has 2 rings (SSSR count). The first-order valence-corrected chi connectivity index (χ1v) is 6.47. The summed E-state index contributed by atoms with van der Waals surface area (Å²) in [5.41, 5.74) is 0. The first-order chi connectivity index (χ1) is 10.4. The molecule has 0 radical (unpaired) electrons. The standard InChI is InChI=1S/C13H14F3N5O/c14-13(15,16)8-12(22)18-4-3-17-10-7-11(20-9-19-10)21-5-1-2-6-21/h1-2,5-7,9H,3-4,8H2,(H,18,22)(H,17,19,20). The predicted molar refractivity (Wildman–Crippen MR) is 73.5 cm³/mol. The summed E-state index contributed by atoms with van der Waals surface area (Å²) in [5, 5.41) is 5.09. The van der Waals surface area contributed by atoms with Gasteiger partial charge in [0, 0.05) is 31.5 Å². The van der Waals surface area contributed by atoms with Crippen LogP contribution < -0.4 is 10.6 Å². The number of hydrogen-bond acceptors (Lipinski definition) is 4. The fourth-order valence-corrected chi connectivity index (χ4v) is 1.71. The van der Waals surface area contributed by atoms with E-state index < -0.39 is 18.5 Å². The summed E-state index contributed by atoms with van der Waals surface area (Å²) in [6.07, 6.45) is -0.943. The van der Waals surface area contributed by atoms with Crippen molar-refractivity contribution in [3.05, 3.63) is 36.9 Å². The Kier molecular flexibility index (Phi) is 4.97. The van der Waals surface area contributed by atoms with Crippen LogP contribution in [0.3, 0.4) is 0 Å². The third-order valence-electron chi connectivity index (χ3n) is 2.64. The van der Waals surface area contributed by atoms with E-state index in [-0.39, 0.29) is 13.1 Å². The van der Waals surface area contributed by atoms with Crippen LogP contribution in [0.5, 0.6) is 0 Å². The summed E-state index contributed by atoms with van der Waals surface area (Å²) < 4.78 is 37.7. The first kappa shape index (κ1) is 15.8. The summed E-state index contributed by atoms with van der Waals surface area (Å²) in [4.78, 5) is 19.1. The number of rotatable bonds is 6. The smallest absolute Gasteiger partial charge is 0.368 e. The molecule has 0 aliphatic carbocycles. The second-order valence-corrected chi connectivity index (χ2v) is 4.42.